The third-order valence-corrected chi connectivity index (χ3v) is 7.46. The Bertz CT molecular complexity index is 593. The third kappa shape index (κ3) is 5.30. The van der Waals surface area contributed by atoms with Crippen LogP contribution in [-0.2, 0) is 18.9 Å². The predicted molar refractivity (Wildman–Crippen MR) is 112 cm³/mol. The lowest BCUT2D eigenvalue weighted by Gasteiger charge is -2.50. The fourth-order valence-corrected chi connectivity index (χ4v) is 5.16. The van der Waals surface area contributed by atoms with Gasteiger partial charge >= 0.3 is 0 Å². The van der Waals surface area contributed by atoms with Gasteiger partial charge in [0.15, 0.2) is 6.29 Å². The smallest absolute Gasteiger partial charge is 0.186 e. The van der Waals surface area contributed by atoms with Gasteiger partial charge in [-0.05, 0) is 26.7 Å². The maximum absolute atomic E-state index is 10.8. The molecule has 6 saturated heterocycles. The minimum atomic E-state index is -1.31. The van der Waals surface area contributed by atoms with Crippen molar-refractivity contribution >= 4 is 0 Å². The summed E-state index contributed by atoms with van der Waals surface area (Å²) in [5, 5.41) is 62.6. The second kappa shape index (κ2) is 10.9. The number of hydrogen-bond acceptors (Lipinski definition) is 10. The lowest BCUT2D eigenvalue weighted by molar-refractivity contribution is -0.328. The maximum atomic E-state index is 10.8. The molecule has 10 unspecified atom stereocenters. The molecule has 0 aromatic heterocycles. The number of hydrogen-bond donors (Lipinski definition) is 6. The van der Waals surface area contributed by atoms with Gasteiger partial charge in [0.05, 0.1) is 49.8 Å². The second-order valence-corrected chi connectivity index (χ2v) is 9.87. The molecule has 6 rings (SSSR count). The zero-order chi connectivity index (χ0) is 23.5. The van der Waals surface area contributed by atoms with Gasteiger partial charge in [0, 0.05) is 18.4 Å². The third-order valence-electron chi connectivity index (χ3n) is 7.46. The Balaban J connectivity index is 1.80. The largest absolute Gasteiger partial charge is 0.393 e. The lowest BCUT2D eigenvalue weighted by atomic mass is 9.75. The molecule has 0 aromatic rings. The molecule has 4 bridgehead atoms. The molecular formula is C22H40O10. The number of rotatable bonds is 2. The molecule has 188 valence electrons. The lowest BCUT2D eigenvalue weighted by Crippen LogP contribution is -2.64. The van der Waals surface area contributed by atoms with Crippen LogP contribution in [0.1, 0.15) is 46.0 Å². The minimum Gasteiger partial charge on any atom is -0.393 e. The Morgan fingerprint density at radius 1 is 0.719 bits per heavy atom. The summed E-state index contributed by atoms with van der Waals surface area (Å²) in [5.41, 5.74) is -2.25. The molecule has 0 radical (unpaired) electrons. The molecule has 0 aliphatic carbocycles. The van der Waals surface area contributed by atoms with Crippen molar-refractivity contribution in [2.75, 3.05) is 33.0 Å². The average molecular weight is 465 g/mol. The van der Waals surface area contributed by atoms with Crippen molar-refractivity contribution in [3.63, 3.8) is 0 Å². The van der Waals surface area contributed by atoms with E-state index in [1.807, 2.05) is 0 Å². The van der Waals surface area contributed by atoms with Crippen molar-refractivity contribution in [3.8, 4) is 0 Å². The SMILES string of the molecule is CC1(CO)OC2COCC3C(O)C(O)C(OCCCCCCC1C(O)C2O)OC3(C)CO. The van der Waals surface area contributed by atoms with Crippen LogP contribution < -0.4 is 0 Å². The monoisotopic (exact) mass is 464 g/mol. The molecule has 0 amide bonds. The van der Waals surface area contributed by atoms with Crippen molar-refractivity contribution in [2.45, 2.75) is 94.0 Å². The summed E-state index contributed by atoms with van der Waals surface area (Å²) >= 11 is 0. The Morgan fingerprint density at radius 2 is 1.34 bits per heavy atom. The van der Waals surface area contributed by atoms with Gasteiger partial charge < -0.3 is 49.6 Å². The van der Waals surface area contributed by atoms with E-state index in [2.05, 4.69) is 0 Å². The van der Waals surface area contributed by atoms with Gasteiger partial charge in [-0.2, -0.15) is 0 Å². The Labute approximate surface area is 189 Å². The van der Waals surface area contributed by atoms with E-state index in [-0.39, 0.29) is 19.8 Å². The molecule has 0 spiro atoms. The zero-order valence-corrected chi connectivity index (χ0v) is 19.0. The Hall–Kier alpha value is -0.400. The van der Waals surface area contributed by atoms with Crippen LogP contribution in [0.2, 0.25) is 0 Å². The quantitative estimate of drug-likeness (QED) is 0.297. The molecule has 6 N–H and O–H groups in total. The molecule has 10 atom stereocenters. The van der Waals surface area contributed by atoms with Crippen LogP contribution in [0.25, 0.3) is 0 Å². The molecule has 6 heterocycles. The van der Waals surface area contributed by atoms with E-state index in [9.17, 15) is 30.6 Å². The van der Waals surface area contributed by atoms with E-state index < -0.39 is 66.5 Å². The van der Waals surface area contributed by atoms with Crippen molar-refractivity contribution < 1.29 is 49.6 Å². The molecule has 10 nitrogen and oxygen atoms in total. The summed E-state index contributed by atoms with van der Waals surface area (Å²) in [6, 6.07) is 0. The molecule has 0 aromatic carbocycles. The summed E-state index contributed by atoms with van der Waals surface area (Å²) in [6.07, 6.45) is -3.02. The summed E-state index contributed by atoms with van der Waals surface area (Å²) < 4.78 is 23.3. The summed E-state index contributed by atoms with van der Waals surface area (Å²) in [5.74, 6) is -1.20. The first-order chi connectivity index (χ1) is 15.2. The molecule has 0 saturated carbocycles. The fraction of sp³-hybridized carbons (Fsp3) is 1.00. The van der Waals surface area contributed by atoms with Crippen molar-refractivity contribution in [2.24, 2.45) is 11.8 Å². The van der Waals surface area contributed by atoms with Gasteiger partial charge in [0.1, 0.15) is 18.3 Å². The van der Waals surface area contributed by atoms with Gasteiger partial charge in [-0.1, -0.05) is 19.3 Å². The second-order valence-electron chi connectivity index (χ2n) is 9.87. The summed E-state index contributed by atoms with van der Waals surface area (Å²) in [7, 11) is 0. The van der Waals surface area contributed by atoms with E-state index in [0.717, 1.165) is 19.3 Å². The highest BCUT2D eigenvalue weighted by Crippen LogP contribution is 2.39. The molecule has 6 aliphatic heterocycles. The van der Waals surface area contributed by atoms with E-state index in [0.29, 0.717) is 19.4 Å². The highest BCUT2D eigenvalue weighted by Gasteiger charge is 2.53. The molecule has 10 heteroatoms. The van der Waals surface area contributed by atoms with E-state index in [1.165, 1.54) is 0 Å². The standard InChI is InChI=1S/C22H40O10/c1-21(11-23)13-7-5-3-4-6-8-30-20-19(28)17(26)14(22(2,12-24)32-20)9-29-10-15(31-21)18(27)16(13)25/h13-20,23-28H,3-12H2,1-2H3. The first-order valence-electron chi connectivity index (χ1n) is 11.7. The molecule has 6 fully saturated rings. The van der Waals surface area contributed by atoms with Gasteiger partial charge in [0.25, 0.3) is 0 Å². The van der Waals surface area contributed by atoms with Gasteiger partial charge in [0.2, 0.25) is 0 Å². The number of ether oxygens (including phenoxy) is 4. The summed E-state index contributed by atoms with van der Waals surface area (Å²) in [4.78, 5) is 0. The van der Waals surface area contributed by atoms with Gasteiger partial charge in [-0.15, -0.1) is 0 Å². The van der Waals surface area contributed by atoms with Gasteiger partial charge in [-0.25, -0.2) is 0 Å². The fourth-order valence-electron chi connectivity index (χ4n) is 5.16. The van der Waals surface area contributed by atoms with E-state index >= 15 is 0 Å². The van der Waals surface area contributed by atoms with Crippen molar-refractivity contribution in [1.29, 1.82) is 0 Å². The highest BCUT2D eigenvalue weighted by atomic mass is 16.7. The average Bonchev–Trinajstić information content (AvgIpc) is 2.78. The normalized spacial score (nSPS) is 49.5. The highest BCUT2D eigenvalue weighted by molar-refractivity contribution is 5.00. The Kier molecular flexibility index (Phi) is 8.93. The maximum Gasteiger partial charge on any atom is 0.186 e. The van der Waals surface area contributed by atoms with Gasteiger partial charge in [-0.3, -0.25) is 0 Å². The number of aliphatic hydroxyl groups is 6. The topological polar surface area (TPSA) is 158 Å². The predicted octanol–water partition coefficient (Wildman–Crippen LogP) is -1.08. The van der Waals surface area contributed by atoms with E-state index in [1.54, 1.807) is 13.8 Å². The van der Waals surface area contributed by atoms with Crippen LogP contribution >= 0.6 is 0 Å². The number of aliphatic hydroxyl groups excluding tert-OH is 6. The van der Waals surface area contributed by atoms with Crippen LogP contribution in [0.5, 0.6) is 0 Å². The van der Waals surface area contributed by atoms with Crippen LogP contribution in [-0.4, -0.2) is 112 Å². The molecule has 32 heavy (non-hydrogen) atoms. The molecule has 6 aliphatic rings. The van der Waals surface area contributed by atoms with Crippen LogP contribution in [0.3, 0.4) is 0 Å². The van der Waals surface area contributed by atoms with Crippen LogP contribution in [0.15, 0.2) is 0 Å². The van der Waals surface area contributed by atoms with Crippen molar-refractivity contribution in [3.05, 3.63) is 0 Å². The van der Waals surface area contributed by atoms with Crippen LogP contribution in [0, 0.1) is 11.8 Å². The van der Waals surface area contributed by atoms with E-state index in [4.69, 9.17) is 18.9 Å². The molecular weight excluding hydrogens is 424 g/mol. The minimum absolute atomic E-state index is 0.0933. The zero-order valence-electron chi connectivity index (χ0n) is 19.0. The van der Waals surface area contributed by atoms with Crippen molar-refractivity contribution in [1.82, 2.24) is 0 Å². The first-order valence-corrected chi connectivity index (χ1v) is 11.7. The first kappa shape index (κ1) is 26.2. The Morgan fingerprint density at radius 3 is 2.03 bits per heavy atom. The summed E-state index contributed by atoms with van der Waals surface area (Å²) in [6.45, 7) is 2.73. The van der Waals surface area contributed by atoms with Crippen LogP contribution in [0.4, 0.5) is 0 Å².